The normalized spacial score (nSPS) is 11.1. The minimum atomic E-state index is -0.114. The number of furan rings is 1. The van der Waals surface area contributed by atoms with Crippen LogP contribution in [0.2, 0.25) is 5.02 Å². The van der Waals surface area contributed by atoms with Gasteiger partial charge >= 0.3 is 0 Å². The number of nitrogens with zero attached hydrogens (tertiary/aromatic N) is 3. The van der Waals surface area contributed by atoms with Gasteiger partial charge in [0.15, 0.2) is 5.16 Å². The fourth-order valence-corrected chi connectivity index (χ4v) is 3.71. The second-order valence-corrected chi connectivity index (χ2v) is 7.06. The second-order valence-electron chi connectivity index (χ2n) is 5.68. The first-order valence-electron chi connectivity index (χ1n) is 7.95. The molecule has 0 fully saturated rings. The molecule has 5 nitrogen and oxygen atoms in total. The van der Waals surface area contributed by atoms with Gasteiger partial charge in [0.05, 0.1) is 23.7 Å². The van der Waals surface area contributed by atoms with Crippen molar-refractivity contribution < 1.29 is 4.42 Å². The Labute approximate surface area is 158 Å². The zero-order valence-electron chi connectivity index (χ0n) is 13.6. The van der Waals surface area contributed by atoms with Gasteiger partial charge in [0.25, 0.3) is 5.56 Å². The number of thioether (sulfide) groups is 1. The van der Waals surface area contributed by atoms with Gasteiger partial charge in [-0.25, -0.2) is 4.98 Å². The van der Waals surface area contributed by atoms with Gasteiger partial charge in [-0.1, -0.05) is 29.4 Å². The molecule has 0 atom stereocenters. The highest BCUT2D eigenvalue weighted by molar-refractivity contribution is 7.98. The summed E-state index contributed by atoms with van der Waals surface area (Å²) in [6.45, 7) is 0.326. The molecular formula is C19H14ClN3O2S. The zero-order valence-corrected chi connectivity index (χ0v) is 15.2. The average Bonchev–Trinajstić information content (AvgIpc) is 3.16. The highest BCUT2D eigenvalue weighted by atomic mass is 35.5. The van der Waals surface area contributed by atoms with Gasteiger partial charge in [0.2, 0.25) is 0 Å². The van der Waals surface area contributed by atoms with Gasteiger partial charge in [0.1, 0.15) is 5.76 Å². The highest BCUT2D eigenvalue weighted by Gasteiger charge is 2.14. The van der Waals surface area contributed by atoms with Crippen molar-refractivity contribution in [1.29, 1.82) is 0 Å². The molecule has 130 valence electrons. The minimum Gasteiger partial charge on any atom is -0.467 e. The summed E-state index contributed by atoms with van der Waals surface area (Å²) in [6.07, 6.45) is 5.13. The van der Waals surface area contributed by atoms with E-state index >= 15 is 0 Å². The molecule has 0 aliphatic carbocycles. The van der Waals surface area contributed by atoms with E-state index in [1.165, 1.54) is 11.8 Å². The fourth-order valence-electron chi connectivity index (χ4n) is 2.61. The maximum absolute atomic E-state index is 13.0. The molecule has 4 rings (SSSR count). The zero-order chi connectivity index (χ0) is 17.9. The van der Waals surface area contributed by atoms with Crippen molar-refractivity contribution in [3.05, 3.63) is 87.8 Å². The van der Waals surface area contributed by atoms with E-state index in [1.54, 1.807) is 47.5 Å². The van der Waals surface area contributed by atoms with Crippen molar-refractivity contribution >= 4 is 34.3 Å². The lowest BCUT2D eigenvalue weighted by atomic mass is 10.2. The third-order valence-electron chi connectivity index (χ3n) is 3.87. The molecule has 3 heterocycles. The van der Waals surface area contributed by atoms with E-state index in [9.17, 15) is 4.79 Å². The molecule has 0 aliphatic rings. The first-order chi connectivity index (χ1) is 12.7. The van der Waals surface area contributed by atoms with Crippen molar-refractivity contribution in [2.75, 3.05) is 0 Å². The number of aromatic nitrogens is 3. The molecule has 26 heavy (non-hydrogen) atoms. The monoisotopic (exact) mass is 383 g/mol. The van der Waals surface area contributed by atoms with Crippen molar-refractivity contribution in [2.45, 2.75) is 17.5 Å². The molecule has 7 heteroatoms. The third kappa shape index (κ3) is 3.52. The summed E-state index contributed by atoms with van der Waals surface area (Å²) < 4.78 is 7.05. The molecular weight excluding hydrogens is 370 g/mol. The Kier molecular flexibility index (Phi) is 4.77. The lowest BCUT2D eigenvalue weighted by Crippen LogP contribution is -2.23. The quantitative estimate of drug-likeness (QED) is 0.378. The number of pyridine rings is 1. The van der Waals surface area contributed by atoms with E-state index in [0.29, 0.717) is 39.1 Å². The molecule has 3 aromatic heterocycles. The smallest absolute Gasteiger partial charge is 0.262 e. The number of rotatable bonds is 5. The van der Waals surface area contributed by atoms with Gasteiger partial charge in [-0.15, -0.1) is 0 Å². The molecule has 1 aromatic carbocycles. The Hall–Kier alpha value is -2.57. The highest BCUT2D eigenvalue weighted by Crippen LogP contribution is 2.24. The largest absolute Gasteiger partial charge is 0.467 e. The first kappa shape index (κ1) is 16.9. The van der Waals surface area contributed by atoms with Gasteiger partial charge in [-0.3, -0.25) is 14.3 Å². The number of halogens is 1. The van der Waals surface area contributed by atoms with Crippen LogP contribution in [-0.2, 0) is 12.3 Å². The van der Waals surface area contributed by atoms with Crippen molar-refractivity contribution in [2.24, 2.45) is 0 Å². The lowest BCUT2D eigenvalue weighted by Gasteiger charge is -2.12. The Morgan fingerprint density at radius 3 is 2.88 bits per heavy atom. The van der Waals surface area contributed by atoms with Crippen LogP contribution < -0.4 is 5.56 Å². The second kappa shape index (κ2) is 7.35. The van der Waals surface area contributed by atoms with Crippen LogP contribution in [0.15, 0.2) is 75.5 Å². The molecule has 0 N–H and O–H groups in total. The molecule has 0 radical (unpaired) electrons. The predicted molar refractivity (Wildman–Crippen MR) is 103 cm³/mol. The Morgan fingerprint density at radius 2 is 2.12 bits per heavy atom. The maximum Gasteiger partial charge on any atom is 0.262 e. The van der Waals surface area contributed by atoms with Gasteiger partial charge in [-0.2, -0.15) is 0 Å². The summed E-state index contributed by atoms with van der Waals surface area (Å²) in [4.78, 5) is 21.8. The van der Waals surface area contributed by atoms with E-state index in [0.717, 1.165) is 5.56 Å². The van der Waals surface area contributed by atoms with Crippen LogP contribution in [0, 0.1) is 0 Å². The SMILES string of the molecule is O=c1c2ccc(Cl)cc2nc(SCc2cccnc2)n1Cc1ccco1. The minimum absolute atomic E-state index is 0.114. The molecule has 0 spiro atoms. The summed E-state index contributed by atoms with van der Waals surface area (Å²) >= 11 is 7.56. The standard InChI is InChI=1S/C19H14ClN3O2S/c20-14-5-6-16-17(9-14)22-19(26-12-13-3-1-7-21-10-13)23(18(16)24)11-15-4-2-8-25-15/h1-10H,11-12H2. The number of fused-ring (bicyclic) bond motifs is 1. The van der Waals surface area contributed by atoms with E-state index in [1.807, 2.05) is 18.2 Å². The van der Waals surface area contributed by atoms with Crippen molar-refractivity contribution in [3.63, 3.8) is 0 Å². The fraction of sp³-hybridized carbons (Fsp3) is 0.105. The number of benzene rings is 1. The molecule has 0 amide bonds. The van der Waals surface area contributed by atoms with Crippen LogP contribution in [0.3, 0.4) is 0 Å². The molecule has 0 unspecified atom stereocenters. The summed E-state index contributed by atoms with van der Waals surface area (Å²) in [5.41, 5.74) is 1.53. The van der Waals surface area contributed by atoms with E-state index in [2.05, 4.69) is 9.97 Å². The Morgan fingerprint density at radius 1 is 1.19 bits per heavy atom. The van der Waals surface area contributed by atoms with Crippen LogP contribution >= 0.6 is 23.4 Å². The summed E-state index contributed by atoms with van der Waals surface area (Å²) in [5, 5.41) is 1.70. The Bertz CT molecular complexity index is 1100. The molecule has 0 saturated carbocycles. The Balaban J connectivity index is 1.78. The maximum atomic E-state index is 13.0. The number of hydrogen-bond acceptors (Lipinski definition) is 5. The molecule has 0 saturated heterocycles. The molecule has 0 aliphatic heterocycles. The van der Waals surface area contributed by atoms with Crippen LogP contribution in [-0.4, -0.2) is 14.5 Å². The van der Waals surface area contributed by atoms with Crippen LogP contribution in [0.5, 0.6) is 0 Å². The van der Waals surface area contributed by atoms with E-state index in [4.69, 9.17) is 16.0 Å². The van der Waals surface area contributed by atoms with E-state index in [-0.39, 0.29) is 5.56 Å². The topological polar surface area (TPSA) is 60.9 Å². The average molecular weight is 384 g/mol. The molecule has 4 aromatic rings. The number of hydrogen-bond donors (Lipinski definition) is 0. The first-order valence-corrected chi connectivity index (χ1v) is 9.31. The summed E-state index contributed by atoms with van der Waals surface area (Å²) in [7, 11) is 0. The van der Waals surface area contributed by atoms with Crippen molar-refractivity contribution in [3.8, 4) is 0 Å². The molecule has 0 bridgehead atoms. The van der Waals surface area contributed by atoms with Gasteiger partial charge < -0.3 is 4.42 Å². The van der Waals surface area contributed by atoms with E-state index < -0.39 is 0 Å². The predicted octanol–water partition coefficient (Wildman–Crippen LogP) is 4.38. The lowest BCUT2D eigenvalue weighted by molar-refractivity contribution is 0.476. The summed E-state index contributed by atoms with van der Waals surface area (Å²) in [5.74, 6) is 1.36. The third-order valence-corrected chi connectivity index (χ3v) is 5.15. The van der Waals surface area contributed by atoms with Crippen LogP contribution in [0.25, 0.3) is 10.9 Å². The van der Waals surface area contributed by atoms with Crippen LogP contribution in [0.1, 0.15) is 11.3 Å². The van der Waals surface area contributed by atoms with Crippen LogP contribution in [0.4, 0.5) is 0 Å². The van der Waals surface area contributed by atoms with Gasteiger partial charge in [-0.05, 0) is 42.0 Å². The van der Waals surface area contributed by atoms with Crippen molar-refractivity contribution in [1.82, 2.24) is 14.5 Å². The van der Waals surface area contributed by atoms with Gasteiger partial charge in [0, 0.05) is 23.2 Å². The summed E-state index contributed by atoms with van der Waals surface area (Å²) in [6, 6.07) is 12.6.